The number of thiophene rings is 1. The molecule has 0 bridgehead atoms. The molecule has 0 fully saturated rings. The van der Waals surface area contributed by atoms with Crippen LogP contribution in [0.3, 0.4) is 0 Å². The van der Waals surface area contributed by atoms with E-state index in [1.54, 1.807) is 12.1 Å². The molecule has 4 nitrogen and oxygen atoms in total. The highest BCUT2D eigenvalue weighted by molar-refractivity contribution is 7.14. The number of fused-ring (bicyclic) bond motifs is 2. The first kappa shape index (κ1) is 12.2. The Kier molecular flexibility index (Phi) is 2.73. The van der Waals surface area contributed by atoms with Gasteiger partial charge in [0.2, 0.25) is 6.79 Å². The SMILES string of the molecule is Clc1ccsc1-c1nc(Cl)c2cc3c(cc2n1)OCO3. The third kappa shape index (κ3) is 1.82. The van der Waals surface area contributed by atoms with Crippen LogP contribution >= 0.6 is 34.5 Å². The maximum atomic E-state index is 6.25. The monoisotopic (exact) mass is 324 g/mol. The maximum Gasteiger partial charge on any atom is 0.231 e. The Hall–Kier alpha value is -1.56. The summed E-state index contributed by atoms with van der Waals surface area (Å²) in [6.45, 7) is 0.209. The zero-order valence-corrected chi connectivity index (χ0v) is 12.2. The lowest BCUT2D eigenvalue weighted by Crippen LogP contribution is -1.92. The molecule has 0 saturated carbocycles. The molecule has 100 valence electrons. The number of hydrogen-bond donors (Lipinski definition) is 0. The van der Waals surface area contributed by atoms with Gasteiger partial charge in [-0.3, -0.25) is 0 Å². The summed E-state index contributed by atoms with van der Waals surface area (Å²) in [6, 6.07) is 5.40. The molecule has 3 aromatic rings. The molecule has 0 radical (unpaired) electrons. The lowest BCUT2D eigenvalue weighted by molar-refractivity contribution is 0.174. The zero-order chi connectivity index (χ0) is 13.7. The fraction of sp³-hybridized carbons (Fsp3) is 0.0769. The second-order valence-corrected chi connectivity index (χ2v) is 5.84. The first-order valence-electron chi connectivity index (χ1n) is 5.72. The van der Waals surface area contributed by atoms with Crippen LogP contribution < -0.4 is 9.47 Å². The lowest BCUT2D eigenvalue weighted by atomic mass is 10.2. The van der Waals surface area contributed by atoms with Crippen LogP contribution in [-0.4, -0.2) is 16.8 Å². The van der Waals surface area contributed by atoms with Gasteiger partial charge in [-0.15, -0.1) is 11.3 Å². The molecular weight excluding hydrogens is 319 g/mol. The minimum Gasteiger partial charge on any atom is -0.454 e. The molecule has 0 spiro atoms. The molecular formula is C13H6Cl2N2O2S. The number of nitrogens with zero attached hydrogens (tertiary/aromatic N) is 2. The van der Waals surface area contributed by atoms with E-state index in [0.717, 1.165) is 10.3 Å². The quantitative estimate of drug-likeness (QED) is 0.622. The molecule has 1 aliphatic heterocycles. The first-order chi connectivity index (χ1) is 9.72. The third-order valence-corrected chi connectivity index (χ3v) is 4.59. The van der Waals surface area contributed by atoms with Crippen LogP contribution in [0, 0.1) is 0 Å². The molecule has 0 N–H and O–H groups in total. The first-order valence-corrected chi connectivity index (χ1v) is 7.36. The van der Waals surface area contributed by atoms with E-state index in [1.807, 2.05) is 11.4 Å². The number of benzene rings is 1. The van der Waals surface area contributed by atoms with Gasteiger partial charge < -0.3 is 9.47 Å². The van der Waals surface area contributed by atoms with Crippen LogP contribution in [0.1, 0.15) is 0 Å². The van der Waals surface area contributed by atoms with Crippen LogP contribution in [0.5, 0.6) is 11.5 Å². The number of ether oxygens (including phenoxy) is 2. The van der Waals surface area contributed by atoms with Crippen molar-refractivity contribution in [1.82, 2.24) is 9.97 Å². The van der Waals surface area contributed by atoms with Crippen LogP contribution in [-0.2, 0) is 0 Å². The van der Waals surface area contributed by atoms with Gasteiger partial charge in [0.1, 0.15) is 5.15 Å². The standard InChI is InChI=1S/C13H6Cl2N2O2S/c14-7-1-2-20-11(7)13-16-8-4-10-9(18-5-19-10)3-6(8)12(15)17-13/h1-4H,5H2. The summed E-state index contributed by atoms with van der Waals surface area (Å²) in [4.78, 5) is 9.62. The summed E-state index contributed by atoms with van der Waals surface area (Å²) >= 11 is 13.8. The van der Waals surface area contributed by atoms with Gasteiger partial charge in [-0.25, -0.2) is 9.97 Å². The Labute approximate surface area is 127 Å². The summed E-state index contributed by atoms with van der Waals surface area (Å²) in [5, 5.41) is 3.60. The summed E-state index contributed by atoms with van der Waals surface area (Å²) in [5.41, 5.74) is 0.703. The van der Waals surface area contributed by atoms with Crippen molar-refractivity contribution in [2.75, 3.05) is 6.79 Å². The number of rotatable bonds is 1. The Morgan fingerprint density at radius 2 is 1.90 bits per heavy atom. The molecule has 20 heavy (non-hydrogen) atoms. The summed E-state index contributed by atoms with van der Waals surface area (Å²) in [5.74, 6) is 1.83. The zero-order valence-electron chi connectivity index (χ0n) is 9.89. The van der Waals surface area contributed by atoms with Gasteiger partial charge in [-0.05, 0) is 17.5 Å². The Balaban J connectivity index is 1.98. The lowest BCUT2D eigenvalue weighted by Gasteiger charge is -2.05. The number of aromatic nitrogens is 2. The molecule has 0 saturated heterocycles. The summed E-state index contributed by atoms with van der Waals surface area (Å²) < 4.78 is 10.7. The van der Waals surface area contributed by atoms with E-state index in [-0.39, 0.29) is 6.79 Å². The van der Waals surface area contributed by atoms with Crippen molar-refractivity contribution in [1.29, 1.82) is 0 Å². The van der Waals surface area contributed by atoms with Crippen molar-refractivity contribution in [2.45, 2.75) is 0 Å². The highest BCUT2D eigenvalue weighted by Gasteiger charge is 2.18. The predicted molar refractivity (Wildman–Crippen MR) is 79.0 cm³/mol. The fourth-order valence-electron chi connectivity index (χ4n) is 2.04. The van der Waals surface area contributed by atoms with Crippen molar-refractivity contribution < 1.29 is 9.47 Å². The minimum absolute atomic E-state index is 0.209. The summed E-state index contributed by atoms with van der Waals surface area (Å²) in [7, 11) is 0. The average Bonchev–Trinajstić information content (AvgIpc) is 3.04. The number of hydrogen-bond acceptors (Lipinski definition) is 5. The van der Waals surface area contributed by atoms with Gasteiger partial charge in [-0.1, -0.05) is 23.2 Å². The third-order valence-electron chi connectivity index (χ3n) is 2.96. The van der Waals surface area contributed by atoms with E-state index in [2.05, 4.69) is 9.97 Å². The predicted octanol–water partition coefficient (Wildman–Crippen LogP) is 4.39. The molecule has 1 aromatic carbocycles. The van der Waals surface area contributed by atoms with E-state index < -0.39 is 0 Å². The van der Waals surface area contributed by atoms with E-state index in [1.165, 1.54) is 11.3 Å². The van der Waals surface area contributed by atoms with Crippen molar-refractivity contribution >= 4 is 45.4 Å². The molecule has 0 atom stereocenters. The Bertz CT molecular complexity index is 835. The van der Waals surface area contributed by atoms with Crippen molar-refractivity contribution in [2.24, 2.45) is 0 Å². The molecule has 0 aliphatic carbocycles. The highest BCUT2D eigenvalue weighted by atomic mass is 35.5. The number of halogens is 2. The van der Waals surface area contributed by atoms with Gasteiger partial charge in [0.25, 0.3) is 0 Å². The van der Waals surface area contributed by atoms with Crippen molar-refractivity contribution in [3.63, 3.8) is 0 Å². The molecule has 3 heterocycles. The van der Waals surface area contributed by atoms with Gasteiger partial charge in [0.15, 0.2) is 17.3 Å². The minimum atomic E-state index is 0.209. The van der Waals surface area contributed by atoms with Crippen molar-refractivity contribution in [3.8, 4) is 22.2 Å². The van der Waals surface area contributed by atoms with Crippen LogP contribution in [0.15, 0.2) is 23.6 Å². The molecule has 1 aliphatic rings. The molecule has 0 unspecified atom stereocenters. The Morgan fingerprint density at radius 1 is 1.10 bits per heavy atom. The average molecular weight is 325 g/mol. The van der Waals surface area contributed by atoms with E-state index >= 15 is 0 Å². The van der Waals surface area contributed by atoms with E-state index in [4.69, 9.17) is 32.7 Å². The molecule has 0 amide bonds. The Morgan fingerprint density at radius 3 is 2.65 bits per heavy atom. The van der Waals surface area contributed by atoms with Crippen LogP contribution in [0.25, 0.3) is 21.6 Å². The fourth-order valence-corrected chi connectivity index (χ4v) is 3.34. The molecule has 2 aromatic heterocycles. The topological polar surface area (TPSA) is 44.2 Å². The maximum absolute atomic E-state index is 6.25. The highest BCUT2D eigenvalue weighted by Crippen LogP contribution is 2.39. The van der Waals surface area contributed by atoms with Crippen LogP contribution in [0.4, 0.5) is 0 Å². The smallest absolute Gasteiger partial charge is 0.231 e. The second-order valence-electron chi connectivity index (χ2n) is 4.16. The molecule has 4 rings (SSSR count). The van der Waals surface area contributed by atoms with E-state index in [0.29, 0.717) is 33.0 Å². The summed E-state index contributed by atoms with van der Waals surface area (Å²) in [6.07, 6.45) is 0. The van der Waals surface area contributed by atoms with E-state index in [9.17, 15) is 0 Å². The van der Waals surface area contributed by atoms with Crippen LogP contribution in [0.2, 0.25) is 10.2 Å². The van der Waals surface area contributed by atoms with Gasteiger partial charge in [0, 0.05) is 11.5 Å². The van der Waals surface area contributed by atoms with Gasteiger partial charge in [-0.2, -0.15) is 0 Å². The largest absolute Gasteiger partial charge is 0.454 e. The second kappa shape index (κ2) is 4.48. The van der Waals surface area contributed by atoms with Gasteiger partial charge in [0.05, 0.1) is 15.4 Å². The molecule has 7 heteroatoms. The van der Waals surface area contributed by atoms with Crippen molar-refractivity contribution in [3.05, 3.63) is 33.8 Å². The van der Waals surface area contributed by atoms with Gasteiger partial charge >= 0.3 is 0 Å². The normalized spacial score (nSPS) is 13.1.